The van der Waals surface area contributed by atoms with Crippen molar-refractivity contribution in [1.82, 2.24) is 9.88 Å². The molecule has 17 heavy (non-hydrogen) atoms. The molecule has 0 saturated carbocycles. The maximum absolute atomic E-state index is 11.3. The fraction of sp³-hybridized carbons (Fsp3) is 0.667. The van der Waals surface area contributed by atoms with Crippen LogP contribution >= 0.6 is 11.3 Å². The Morgan fingerprint density at radius 1 is 1.71 bits per heavy atom. The van der Waals surface area contributed by atoms with E-state index in [4.69, 9.17) is 0 Å². The molecule has 1 aromatic rings. The Kier molecular flexibility index (Phi) is 3.49. The zero-order chi connectivity index (χ0) is 12.5. The molecule has 2 unspecified atom stereocenters. The van der Waals surface area contributed by atoms with Crippen molar-refractivity contribution in [1.29, 1.82) is 0 Å². The first kappa shape index (κ1) is 12.5. The zero-order valence-corrected chi connectivity index (χ0v) is 11.0. The summed E-state index contributed by atoms with van der Waals surface area (Å²) >= 11 is 1.63. The third kappa shape index (κ3) is 2.50. The minimum atomic E-state index is -0.687. The zero-order valence-electron chi connectivity index (χ0n) is 10.2. The van der Waals surface area contributed by atoms with Gasteiger partial charge in [-0.15, -0.1) is 11.3 Å². The molecule has 2 heterocycles. The Labute approximate surface area is 105 Å². The normalized spacial score (nSPS) is 27.9. The van der Waals surface area contributed by atoms with E-state index in [0.29, 0.717) is 6.54 Å². The van der Waals surface area contributed by atoms with E-state index >= 15 is 0 Å². The Bertz CT molecular complexity index is 393. The molecule has 0 aromatic carbocycles. The highest BCUT2D eigenvalue weighted by Gasteiger charge is 2.39. The number of thiazole rings is 1. The maximum atomic E-state index is 11.3. The number of aromatic nitrogens is 1. The standard InChI is InChI=1S/C12H18N2O2S/c1-9(10-13-5-7-17-10)14-6-3-4-12(2,8-14)11(15)16/h5,7,9H,3-4,6,8H2,1-2H3,(H,15,16). The monoisotopic (exact) mass is 254 g/mol. The Balaban J connectivity index is 2.10. The molecule has 0 bridgehead atoms. The van der Waals surface area contributed by atoms with Crippen LogP contribution in [0.1, 0.15) is 37.7 Å². The number of hydrogen-bond donors (Lipinski definition) is 1. The third-order valence-electron chi connectivity index (χ3n) is 3.60. The number of piperidine rings is 1. The average Bonchev–Trinajstić information content (AvgIpc) is 2.81. The number of carboxylic acids is 1. The van der Waals surface area contributed by atoms with Gasteiger partial charge in [0.2, 0.25) is 0 Å². The molecule has 0 spiro atoms. The summed E-state index contributed by atoms with van der Waals surface area (Å²) in [6.45, 7) is 5.52. The molecule has 94 valence electrons. The van der Waals surface area contributed by atoms with Gasteiger partial charge < -0.3 is 5.11 Å². The SMILES string of the molecule is CC(c1nccs1)N1CCCC(C)(C(=O)O)C1. The van der Waals surface area contributed by atoms with E-state index in [2.05, 4.69) is 16.8 Å². The molecule has 1 N–H and O–H groups in total. The fourth-order valence-electron chi connectivity index (χ4n) is 2.38. The van der Waals surface area contributed by atoms with E-state index in [1.165, 1.54) is 0 Å². The van der Waals surface area contributed by atoms with E-state index in [9.17, 15) is 9.90 Å². The molecular formula is C12H18N2O2S. The van der Waals surface area contributed by atoms with Crippen molar-refractivity contribution >= 4 is 17.3 Å². The Hall–Kier alpha value is -0.940. The first-order chi connectivity index (χ1) is 8.03. The lowest BCUT2D eigenvalue weighted by molar-refractivity contribution is -0.151. The molecule has 1 aliphatic heterocycles. The van der Waals surface area contributed by atoms with Crippen molar-refractivity contribution in [2.45, 2.75) is 32.7 Å². The third-order valence-corrected chi connectivity index (χ3v) is 4.54. The molecule has 0 amide bonds. The van der Waals surface area contributed by atoms with Crippen LogP contribution in [0.2, 0.25) is 0 Å². The van der Waals surface area contributed by atoms with E-state index in [0.717, 1.165) is 24.4 Å². The second-order valence-corrected chi connectivity index (χ2v) is 5.91. The van der Waals surface area contributed by atoms with E-state index in [1.54, 1.807) is 17.5 Å². The molecule has 5 heteroatoms. The smallest absolute Gasteiger partial charge is 0.310 e. The van der Waals surface area contributed by atoms with Gasteiger partial charge in [-0.3, -0.25) is 9.69 Å². The van der Waals surface area contributed by atoms with Gasteiger partial charge in [0.05, 0.1) is 11.5 Å². The molecule has 0 radical (unpaired) electrons. The second-order valence-electron chi connectivity index (χ2n) is 4.99. The van der Waals surface area contributed by atoms with E-state index in [-0.39, 0.29) is 6.04 Å². The van der Waals surface area contributed by atoms with Gasteiger partial charge in [0.15, 0.2) is 0 Å². The van der Waals surface area contributed by atoms with Crippen LogP contribution in [0.15, 0.2) is 11.6 Å². The van der Waals surface area contributed by atoms with Gasteiger partial charge in [-0.25, -0.2) is 4.98 Å². The van der Waals surface area contributed by atoms with Crippen LogP contribution in [-0.4, -0.2) is 34.0 Å². The first-order valence-corrected chi connectivity index (χ1v) is 6.78. The molecule has 1 aromatic heterocycles. The summed E-state index contributed by atoms with van der Waals surface area (Å²) < 4.78 is 0. The van der Waals surface area contributed by atoms with Gasteiger partial charge in [-0.2, -0.15) is 0 Å². The topological polar surface area (TPSA) is 53.4 Å². The Morgan fingerprint density at radius 2 is 2.47 bits per heavy atom. The van der Waals surface area contributed by atoms with Gasteiger partial charge in [-0.1, -0.05) is 0 Å². The summed E-state index contributed by atoms with van der Waals surface area (Å²) in [5.74, 6) is -0.687. The van der Waals surface area contributed by atoms with Gasteiger partial charge >= 0.3 is 5.97 Å². The molecule has 0 aliphatic carbocycles. The molecule has 1 aliphatic rings. The quantitative estimate of drug-likeness (QED) is 0.900. The minimum absolute atomic E-state index is 0.217. The largest absolute Gasteiger partial charge is 0.481 e. The van der Waals surface area contributed by atoms with E-state index < -0.39 is 11.4 Å². The summed E-state index contributed by atoms with van der Waals surface area (Å²) in [5, 5.41) is 12.3. The number of hydrogen-bond acceptors (Lipinski definition) is 4. The molecule has 2 atom stereocenters. The molecule has 2 rings (SSSR count). The van der Waals surface area contributed by atoms with Crippen LogP contribution in [0, 0.1) is 5.41 Å². The number of carbonyl (C=O) groups is 1. The minimum Gasteiger partial charge on any atom is -0.481 e. The highest BCUT2D eigenvalue weighted by molar-refractivity contribution is 7.09. The van der Waals surface area contributed by atoms with Gasteiger partial charge in [0, 0.05) is 18.1 Å². The van der Waals surface area contributed by atoms with Crippen LogP contribution in [0.25, 0.3) is 0 Å². The number of aliphatic carboxylic acids is 1. The van der Waals surface area contributed by atoms with Crippen LogP contribution in [0.4, 0.5) is 0 Å². The summed E-state index contributed by atoms with van der Waals surface area (Å²) in [4.78, 5) is 17.8. The Morgan fingerprint density at radius 3 is 3.06 bits per heavy atom. The van der Waals surface area contributed by atoms with Crippen molar-refractivity contribution in [2.75, 3.05) is 13.1 Å². The van der Waals surface area contributed by atoms with Gasteiger partial charge in [0.25, 0.3) is 0 Å². The highest BCUT2D eigenvalue weighted by atomic mass is 32.1. The lowest BCUT2D eigenvalue weighted by atomic mass is 9.81. The van der Waals surface area contributed by atoms with Gasteiger partial charge in [0.1, 0.15) is 5.01 Å². The van der Waals surface area contributed by atoms with Crippen molar-refractivity contribution in [2.24, 2.45) is 5.41 Å². The van der Waals surface area contributed by atoms with Crippen LogP contribution in [0.3, 0.4) is 0 Å². The maximum Gasteiger partial charge on any atom is 0.310 e. The van der Waals surface area contributed by atoms with Crippen molar-refractivity contribution < 1.29 is 9.90 Å². The molecule has 1 saturated heterocycles. The summed E-state index contributed by atoms with van der Waals surface area (Å²) in [7, 11) is 0. The van der Waals surface area contributed by atoms with Crippen LogP contribution in [-0.2, 0) is 4.79 Å². The molecule has 4 nitrogen and oxygen atoms in total. The van der Waals surface area contributed by atoms with Gasteiger partial charge in [-0.05, 0) is 33.2 Å². The summed E-state index contributed by atoms with van der Waals surface area (Å²) in [6, 6.07) is 0.217. The summed E-state index contributed by atoms with van der Waals surface area (Å²) in [5.41, 5.74) is -0.607. The highest BCUT2D eigenvalue weighted by Crippen LogP contribution is 2.34. The average molecular weight is 254 g/mol. The number of carboxylic acid groups (broad SMARTS) is 1. The number of likely N-dealkylation sites (tertiary alicyclic amines) is 1. The van der Waals surface area contributed by atoms with E-state index in [1.807, 2.05) is 12.3 Å². The number of rotatable bonds is 3. The predicted molar refractivity (Wildman–Crippen MR) is 67.1 cm³/mol. The summed E-state index contributed by atoms with van der Waals surface area (Å²) in [6.07, 6.45) is 3.51. The molecule has 1 fully saturated rings. The van der Waals surface area contributed by atoms with Crippen LogP contribution < -0.4 is 0 Å². The van der Waals surface area contributed by atoms with Crippen LogP contribution in [0.5, 0.6) is 0 Å². The first-order valence-electron chi connectivity index (χ1n) is 5.90. The number of nitrogens with zero attached hydrogens (tertiary/aromatic N) is 2. The van der Waals surface area contributed by atoms with Crippen molar-refractivity contribution in [3.05, 3.63) is 16.6 Å². The predicted octanol–water partition coefficient (Wildman–Crippen LogP) is 2.39. The van der Waals surface area contributed by atoms with Crippen molar-refractivity contribution in [3.8, 4) is 0 Å². The second kappa shape index (κ2) is 4.74. The lowest BCUT2D eigenvalue weighted by Crippen LogP contribution is -2.46. The fourth-order valence-corrected chi connectivity index (χ4v) is 3.11. The molecular weight excluding hydrogens is 236 g/mol. The lowest BCUT2D eigenvalue weighted by Gasteiger charge is -2.40. The van der Waals surface area contributed by atoms with Crippen molar-refractivity contribution in [3.63, 3.8) is 0 Å².